The molecule has 0 aliphatic carbocycles. The highest BCUT2D eigenvalue weighted by atomic mass is 16.2. The summed E-state index contributed by atoms with van der Waals surface area (Å²) in [6.07, 6.45) is 1.27. The van der Waals surface area contributed by atoms with Crippen LogP contribution in [0.15, 0.2) is 6.20 Å². The van der Waals surface area contributed by atoms with Gasteiger partial charge in [0.15, 0.2) is 0 Å². The number of nitriles is 1. The molecule has 18 heavy (non-hydrogen) atoms. The normalized spacial score (nSPS) is 10.3. The molecule has 7 nitrogen and oxygen atoms in total. The SMILES string of the molecule is Cc1nn(C)c(C)c1C(=O)n1ncc(C#N)c1N. The van der Waals surface area contributed by atoms with Gasteiger partial charge < -0.3 is 5.73 Å². The van der Waals surface area contributed by atoms with Crippen molar-refractivity contribution in [2.45, 2.75) is 13.8 Å². The number of carbonyl (C=O) groups is 1. The molecule has 0 aliphatic rings. The van der Waals surface area contributed by atoms with Gasteiger partial charge >= 0.3 is 0 Å². The van der Waals surface area contributed by atoms with Crippen LogP contribution in [0.5, 0.6) is 0 Å². The highest BCUT2D eigenvalue weighted by Gasteiger charge is 2.22. The molecule has 0 aliphatic heterocycles. The molecule has 2 aromatic heterocycles. The summed E-state index contributed by atoms with van der Waals surface area (Å²) < 4.78 is 2.64. The summed E-state index contributed by atoms with van der Waals surface area (Å²) in [5.74, 6) is -0.331. The maximum Gasteiger partial charge on any atom is 0.283 e. The number of rotatable bonds is 1. The predicted molar refractivity (Wildman–Crippen MR) is 63.8 cm³/mol. The zero-order chi connectivity index (χ0) is 13.4. The molecular weight excluding hydrogens is 232 g/mol. The molecule has 0 fully saturated rings. The summed E-state index contributed by atoms with van der Waals surface area (Å²) >= 11 is 0. The lowest BCUT2D eigenvalue weighted by molar-refractivity contribution is 0.0946. The van der Waals surface area contributed by atoms with E-state index in [1.165, 1.54) is 6.20 Å². The molecule has 0 saturated heterocycles. The van der Waals surface area contributed by atoms with Crippen LogP contribution in [0.3, 0.4) is 0 Å². The fourth-order valence-electron chi connectivity index (χ4n) is 1.79. The Balaban J connectivity index is 2.55. The zero-order valence-electron chi connectivity index (χ0n) is 10.3. The number of nitrogens with zero attached hydrogens (tertiary/aromatic N) is 5. The smallest absolute Gasteiger partial charge is 0.283 e. The lowest BCUT2D eigenvalue weighted by Gasteiger charge is -2.03. The monoisotopic (exact) mass is 244 g/mol. The molecular formula is C11H12N6O. The summed E-state index contributed by atoms with van der Waals surface area (Å²) in [6, 6.07) is 1.88. The van der Waals surface area contributed by atoms with E-state index in [1.54, 1.807) is 25.6 Å². The molecule has 0 saturated carbocycles. The standard InChI is InChI=1S/C11H12N6O/c1-6-9(7(2)16(3)15-6)11(18)17-10(13)8(4-12)5-14-17/h5H,13H2,1-3H3. The van der Waals surface area contributed by atoms with Crippen molar-refractivity contribution in [3.63, 3.8) is 0 Å². The maximum atomic E-state index is 12.3. The Morgan fingerprint density at radius 1 is 1.50 bits per heavy atom. The quantitative estimate of drug-likeness (QED) is 0.781. The molecule has 0 radical (unpaired) electrons. The first-order chi connectivity index (χ1) is 8.47. The highest BCUT2D eigenvalue weighted by Crippen LogP contribution is 2.17. The van der Waals surface area contributed by atoms with Crippen LogP contribution >= 0.6 is 0 Å². The van der Waals surface area contributed by atoms with Crippen molar-refractivity contribution in [3.8, 4) is 6.07 Å². The van der Waals surface area contributed by atoms with Crippen LogP contribution in [0.25, 0.3) is 0 Å². The van der Waals surface area contributed by atoms with Crippen LogP contribution < -0.4 is 5.73 Å². The number of aryl methyl sites for hydroxylation is 2. The Kier molecular flexibility index (Phi) is 2.63. The van der Waals surface area contributed by atoms with Crippen LogP contribution in [0, 0.1) is 25.2 Å². The van der Waals surface area contributed by atoms with E-state index in [9.17, 15) is 4.79 Å². The Morgan fingerprint density at radius 3 is 2.61 bits per heavy atom. The number of aromatic nitrogens is 4. The molecule has 0 amide bonds. The first-order valence-corrected chi connectivity index (χ1v) is 5.25. The number of nitrogen functional groups attached to an aromatic ring is 1. The largest absolute Gasteiger partial charge is 0.382 e. The molecule has 0 spiro atoms. The van der Waals surface area contributed by atoms with Crippen molar-refractivity contribution in [2.24, 2.45) is 7.05 Å². The number of anilines is 1. The first kappa shape index (κ1) is 11.9. The molecule has 2 heterocycles. The average molecular weight is 244 g/mol. The number of hydrogen-bond donors (Lipinski definition) is 1. The van der Waals surface area contributed by atoms with Crippen LogP contribution in [-0.4, -0.2) is 25.5 Å². The first-order valence-electron chi connectivity index (χ1n) is 5.25. The highest BCUT2D eigenvalue weighted by molar-refractivity contribution is 5.99. The van der Waals surface area contributed by atoms with Crippen LogP contribution in [0.2, 0.25) is 0 Å². The van der Waals surface area contributed by atoms with Gasteiger partial charge in [0.25, 0.3) is 5.91 Å². The molecule has 7 heteroatoms. The summed E-state index contributed by atoms with van der Waals surface area (Å²) in [7, 11) is 1.76. The minimum Gasteiger partial charge on any atom is -0.382 e. The van der Waals surface area contributed by atoms with Crippen molar-refractivity contribution in [1.82, 2.24) is 19.6 Å². The Bertz CT molecular complexity index is 673. The molecule has 0 bridgehead atoms. The Labute approximate surface area is 103 Å². The van der Waals surface area contributed by atoms with Gasteiger partial charge in [0.2, 0.25) is 0 Å². The van der Waals surface area contributed by atoms with E-state index in [2.05, 4.69) is 10.2 Å². The molecule has 2 aromatic rings. The summed E-state index contributed by atoms with van der Waals surface area (Å²) in [5.41, 5.74) is 7.66. The molecule has 0 aromatic carbocycles. The lowest BCUT2D eigenvalue weighted by Crippen LogP contribution is -2.17. The second kappa shape index (κ2) is 4.00. The third kappa shape index (κ3) is 1.55. The van der Waals surface area contributed by atoms with E-state index in [-0.39, 0.29) is 17.3 Å². The van der Waals surface area contributed by atoms with Gasteiger partial charge in [-0.3, -0.25) is 9.48 Å². The molecule has 92 valence electrons. The van der Waals surface area contributed by atoms with Crippen molar-refractivity contribution >= 4 is 11.7 Å². The van der Waals surface area contributed by atoms with Crippen LogP contribution in [0.1, 0.15) is 27.3 Å². The Morgan fingerprint density at radius 2 is 2.17 bits per heavy atom. The van der Waals surface area contributed by atoms with Crippen molar-refractivity contribution in [2.75, 3.05) is 5.73 Å². The summed E-state index contributed by atoms with van der Waals surface area (Å²) in [4.78, 5) is 12.3. The number of nitrogens with two attached hydrogens (primary N) is 1. The Hall–Kier alpha value is -2.62. The van der Waals surface area contributed by atoms with Crippen molar-refractivity contribution < 1.29 is 4.79 Å². The van der Waals surface area contributed by atoms with Gasteiger partial charge in [-0.05, 0) is 13.8 Å². The van der Waals surface area contributed by atoms with Crippen molar-refractivity contribution in [1.29, 1.82) is 5.26 Å². The fraction of sp³-hybridized carbons (Fsp3) is 0.273. The third-order valence-corrected chi connectivity index (χ3v) is 2.84. The minimum atomic E-state index is -0.378. The average Bonchev–Trinajstić information content (AvgIpc) is 2.80. The number of hydrogen-bond acceptors (Lipinski definition) is 5. The molecule has 0 atom stereocenters. The van der Waals surface area contributed by atoms with Gasteiger partial charge in [0, 0.05) is 12.7 Å². The maximum absolute atomic E-state index is 12.3. The van der Waals surface area contributed by atoms with E-state index in [0.717, 1.165) is 10.4 Å². The number of carbonyl (C=O) groups excluding carboxylic acids is 1. The van der Waals surface area contributed by atoms with Crippen LogP contribution in [0.4, 0.5) is 5.82 Å². The van der Waals surface area contributed by atoms with Gasteiger partial charge in [-0.2, -0.15) is 20.1 Å². The molecule has 2 rings (SSSR count). The van der Waals surface area contributed by atoms with Gasteiger partial charge in [-0.25, -0.2) is 0 Å². The summed E-state index contributed by atoms with van der Waals surface area (Å²) in [5, 5.41) is 16.8. The van der Waals surface area contributed by atoms with Gasteiger partial charge in [-0.1, -0.05) is 0 Å². The van der Waals surface area contributed by atoms with E-state index >= 15 is 0 Å². The predicted octanol–water partition coefficient (Wildman–Crippen LogP) is 0.376. The zero-order valence-corrected chi connectivity index (χ0v) is 10.3. The molecule has 0 unspecified atom stereocenters. The molecule has 2 N–H and O–H groups in total. The topological polar surface area (TPSA) is 103 Å². The van der Waals surface area contributed by atoms with Crippen molar-refractivity contribution in [3.05, 3.63) is 28.7 Å². The summed E-state index contributed by atoms with van der Waals surface area (Å²) in [6.45, 7) is 3.53. The third-order valence-electron chi connectivity index (χ3n) is 2.84. The van der Waals surface area contributed by atoms with E-state index in [1.807, 2.05) is 6.07 Å². The van der Waals surface area contributed by atoms with E-state index in [0.29, 0.717) is 11.3 Å². The lowest BCUT2D eigenvalue weighted by atomic mass is 10.2. The van der Waals surface area contributed by atoms with Gasteiger partial charge in [0.05, 0.1) is 17.5 Å². The van der Waals surface area contributed by atoms with E-state index < -0.39 is 0 Å². The van der Waals surface area contributed by atoms with E-state index in [4.69, 9.17) is 11.0 Å². The second-order valence-corrected chi connectivity index (χ2v) is 3.94. The van der Waals surface area contributed by atoms with Gasteiger partial charge in [-0.15, -0.1) is 0 Å². The van der Waals surface area contributed by atoms with Crippen LogP contribution in [-0.2, 0) is 7.05 Å². The minimum absolute atomic E-state index is 0.0464. The second-order valence-electron chi connectivity index (χ2n) is 3.94. The van der Waals surface area contributed by atoms with Gasteiger partial charge in [0.1, 0.15) is 17.5 Å². The fourth-order valence-corrected chi connectivity index (χ4v) is 1.79.